The van der Waals surface area contributed by atoms with Gasteiger partial charge in [-0.15, -0.1) is 0 Å². The van der Waals surface area contributed by atoms with Crippen molar-refractivity contribution in [3.05, 3.63) is 0 Å². The van der Waals surface area contributed by atoms with Gasteiger partial charge in [-0.25, -0.2) is 0 Å². The maximum atomic E-state index is 12.8. The zero-order valence-electron chi connectivity index (χ0n) is 11.7. The van der Waals surface area contributed by atoms with Gasteiger partial charge < -0.3 is 15.0 Å². The maximum absolute atomic E-state index is 12.8. The fourth-order valence-electron chi connectivity index (χ4n) is 3.34. The van der Waals surface area contributed by atoms with Crippen LogP contribution in [0.3, 0.4) is 0 Å². The zero-order chi connectivity index (χ0) is 13.0. The molecule has 2 aliphatic heterocycles. The van der Waals surface area contributed by atoms with Crippen molar-refractivity contribution < 1.29 is 9.53 Å². The first kappa shape index (κ1) is 13.8. The third kappa shape index (κ3) is 2.69. The van der Waals surface area contributed by atoms with E-state index >= 15 is 0 Å². The van der Waals surface area contributed by atoms with Gasteiger partial charge in [0.1, 0.15) is 0 Å². The van der Waals surface area contributed by atoms with Gasteiger partial charge in [-0.3, -0.25) is 4.79 Å². The Balaban J connectivity index is 2.03. The van der Waals surface area contributed by atoms with Crippen molar-refractivity contribution >= 4 is 5.91 Å². The molecule has 0 saturated carbocycles. The second-order valence-electron chi connectivity index (χ2n) is 5.72. The van der Waals surface area contributed by atoms with E-state index in [2.05, 4.69) is 12.2 Å². The molecule has 0 aromatic rings. The third-order valence-corrected chi connectivity index (χ3v) is 4.48. The number of hydrogen-bond donors (Lipinski definition) is 1. The Labute approximate surface area is 110 Å². The Bertz CT molecular complexity index is 282. The fourth-order valence-corrected chi connectivity index (χ4v) is 3.34. The van der Waals surface area contributed by atoms with E-state index in [0.717, 1.165) is 58.4 Å². The summed E-state index contributed by atoms with van der Waals surface area (Å²) in [6, 6.07) is 0.376. The van der Waals surface area contributed by atoms with Crippen LogP contribution in [0.2, 0.25) is 0 Å². The van der Waals surface area contributed by atoms with Crippen LogP contribution in [0.25, 0.3) is 0 Å². The standard InChI is InChI=1S/C14H26N2O2/c1-3-6-14(7-8-15-11-14)13(17)16(2)12-4-9-18-10-5-12/h12,15H,3-11H2,1-2H3. The predicted octanol–water partition coefficient (Wildman–Crippen LogP) is 1.40. The van der Waals surface area contributed by atoms with Crippen molar-refractivity contribution in [1.82, 2.24) is 10.2 Å². The predicted molar refractivity (Wildman–Crippen MR) is 71.4 cm³/mol. The molecule has 1 amide bonds. The molecule has 1 atom stereocenters. The lowest BCUT2D eigenvalue weighted by Gasteiger charge is -2.37. The van der Waals surface area contributed by atoms with Crippen molar-refractivity contribution in [2.45, 2.75) is 45.1 Å². The van der Waals surface area contributed by atoms with Crippen LogP contribution < -0.4 is 5.32 Å². The van der Waals surface area contributed by atoms with Gasteiger partial charge in [-0.1, -0.05) is 13.3 Å². The van der Waals surface area contributed by atoms with Crippen LogP contribution in [0.4, 0.5) is 0 Å². The van der Waals surface area contributed by atoms with Crippen LogP contribution >= 0.6 is 0 Å². The molecule has 2 aliphatic rings. The van der Waals surface area contributed by atoms with Gasteiger partial charge in [-0.2, -0.15) is 0 Å². The van der Waals surface area contributed by atoms with Crippen molar-refractivity contribution in [1.29, 1.82) is 0 Å². The van der Waals surface area contributed by atoms with Crippen LogP contribution in [-0.2, 0) is 9.53 Å². The molecular formula is C14H26N2O2. The number of nitrogens with one attached hydrogen (secondary N) is 1. The van der Waals surface area contributed by atoms with E-state index in [9.17, 15) is 4.79 Å². The Hall–Kier alpha value is -0.610. The Morgan fingerprint density at radius 2 is 2.17 bits per heavy atom. The smallest absolute Gasteiger partial charge is 0.230 e. The van der Waals surface area contributed by atoms with E-state index in [1.807, 2.05) is 11.9 Å². The molecule has 1 N–H and O–H groups in total. The minimum Gasteiger partial charge on any atom is -0.381 e. The lowest BCUT2D eigenvalue weighted by molar-refractivity contribution is -0.144. The Morgan fingerprint density at radius 1 is 1.44 bits per heavy atom. The molecule has 0 aliphatic carbocycles. The third-order valence-electron chi connectivity index (χ3n) is 4.48. The number of hydrogen-bond acceptors (Lipinski definition) is 3. The number of nitrogens with zero attached hydrogens (tertiary/aromatic N) is 1. The molecule has 4 heteroatoms. The van der Waals surface area contributed by atoms with Gasteiger partial charge >= 0.3 is 0 Å². The average Bonchev–Trinajstić information content (AvgIpc) is 2.88. The first-order chi connectivity index (χ1) is 8.69. The molecule has 2 fully saturated rings. The number of carbonyl (C=O) groups excluding carboxylic acids is 1. The SMILES string of the molecule is CCCC1(C(=O)N(C)C2CCOCC2)CCNC1. The highest BCUT2D eigenvalue weighted by Gasteiger charge is 2.43. The summed E-state index contributed by atoms with van der Waals surface area (Å²) in [4.78, 5) is 14.8. The van der Waals surface area contributed by atoms with E-state index < -0.39 is 0 Å². The number of rotatable bonds is 4. The second-order valence-corrected chi connectivity index (χ2v) is 5.72. The Morgan fingerprint density at radius 3 is 2.72 bits per heavy atom. The Kier molecular flexibility index (Phi) is 4.62. The van der Waals surface area contributed by atoms with Crippen LogP contribution in [-0.4, -0.2) is 50.2 Å². The van der Waals surface area contributed by atoms with Crippen molar-refractivity contribution in [3.63, 3.8) is 0 Å². The van der Waals surface area contributed by atoms with Crippen LogP contribution in [0.15, 0.2) is 0 Å². The van der Waals surface area contributed by atoms with Gasteiger partial charge in [0.05, 0.1) is 5.41 Å². The second kappa shape index (κ2) is 6.02. The van der Waals surface area contributed by atoms with Crippen molar-refractivity contribution in [3.8, 4) is 0 Å². The lowest BCUT2D eigenvalue weighted by Crippen LogP contribution is -2.49. The maximum Gasteiger partial charge on any atom is 0.230 e. The molecular weight excluding hydrogens is 228 g/mol. The molecule has 1 unspecified atom stereocenters. The van der Waals surface area contributed by atoms with E-state index in [-0.39, 0.29) is 5.41 Å². The highest BCUT2D eigenvalue weighted by Crippen LogP contribution is 2.34. The highest BCUT2D eigenvalue weighted by molar-refractivity contribution is 5.83. The average molecular weight is 254 g/mol. The van der Waals surface area contributed by atoms with Gasteiger partial charge in [0, 0.05) is 32.8 Å². The minimum absolute atomic E-state index is 0.137. The summed E-state index contributed by atoms with van der Waals surface area (Å²) in [5, 5.41) is 3.36. The van der Waals surface area contributed by atoms with E-state index in [0.29, 0.717) is 11.9 Å². The molecule has 2 heterocycles. The van der Waals surface area contributed by atoms with E-state index in [1.54, 1.807) is 0 Å². The lowest BCUT2D eigenvalue weighted by atomic mass is 9.80. The van der Waals surface area contributed by atoms with E-state index in [4.69, 9.17) is 4.74 Å². The first-order valence-electron chi connectivity index (χ1n) is 7.25. The molecule has 0 aromatic heterocycles. The highest BCUT2D eigenvalue weighted by atomic mass is 16.5. The van der Waals surface area contributed by atoms with Gasteiger partial charge in [0.25, 0.3) is 0 Å². The molecule has 0 aromatic carbocycles. The molecule has 18 heavy (non-hydrogen) atoms. The summed E-state index contributed by atoms with van der Waals surface area (Å²) >= 11 is 0. The summed E-state index contributed by atoms with van der Waals surface area (Å²) in [5.41, 5.74) is -0.137. The van der Waals surface area contributed by atoms with Gasteiger partial charge in [0.15, 0.2) is 0 Å². The summed E-state index contributed by atoms with van der Waals surface area (Å²) in [6.45, 7) is 5.59. The summed E-state index contributed by atoms with van der Waals surface area (Å²) in [5.74, 6) is 0.348. The number of amides is 1. The summed E-state index contributed by atoms with van der Waals surface area (Å²) in [7, 11) is 1.98. The molecule has 2 rings (SSSR count). The molecule has 0 radical (unpaired) electrons. The number of carbonyl (C=O) groups is 1. The largest absolute Gasteiger partial charge is 0.381 e. The molecule has 0 bridgehead atoms. The van der Waals surface area contributed by atoms with Gasteiger partial charge in [0.2, 0.25) is 5.91 Å². The first-order valence-corrected chi connectivity index (χ1v) is 7.25. The summed E-state index contributed by atoms with van der Waals surface area (Å²) < 4.78 is 5.38. The van der Waals surface area contributed by atoms with Crippen LogP contribution in [0.1, 0.15) is 39.0 Å². The van der Waals surface area contributed by atoms with E-state index in [1.165, 1.54) is 0 Å². The number of ether oxygens (including phenoxy) is 1. The summed E-state index contributed by atoms with van der Waals surface area (Å²) in [6.07, 6.45) is 5.05. The van der Waals surface area contributed by atoms with Crippen molar-refractivity contribution in [2.24, 2.45) is 5.41 Å². The molecule has 0 spiro atoms. The quantitative estimate of drug-likeness (QED) is 0.824. The fraction of sp³-hybridized carbons (Fsp3) is 0.929. The van der Waals surface area contributed by atoms with Crippen molar-refractivity contribution in [2.75, 3.05) is 33.4 Å². The minimum atomic E-state index is -0.137. The molecule has 2 saturated heterocycles. The molecule has 104 valence electrons. The normalized spacial score (nSPS) is 29.4. The molecule has 4 nitrogen and oxygen atoms in total. The zero-order valence-corrected chi connectivity index (χ0v) is 11.7. The van der Waals surface area contributed by atoms with Crippen LogP contribution in [0, 0.1) is 5.41 Å². The van der Waals surface area contributed by atoms with Crippen LogP contribution in [0.5, 0.6) is 0 Å². The topological polar surface area (TPSA) is 41.6 Å². The van der Waals surface area contributed by atoms with Gasteiger partial charge in [-0.05, 0) is 32.2 Å². The monoisotopic (exact) mass is 254 g/mol.